The summed E-state index contributed by atoms with van der Waals surface area (Å²) >= 11 is 0. The maximum absolute atomic E-state index is 12.9. The minimum atomic E-state index is -2.03. The molecule has 0 saturated heterocycles. The van der Waals surface area contributed by atoms with E-state index in [1.807, 2.05) is 42.5 Å². The predicted molar refractivity (Wildman–Crippen MR) is 92.3 cm³/mol. The first kappa shape index (κ1) is 16.1. The molecule has 1 unspecified atom stereocenters. The molecule has 0 aromatic heterocycles. The molecular formula is C21H18O3. The molecule has 0 aliphatic heterocycles. The Morgan fingerprint density at radius 3 is 1.88 bits per heavy atom. The molecule has 0 heterocycles. The monoisotopic (exact) mass is 318 g/mol. The number of Topliss-reactive ketones (excluding diaryl/α,β-unsaturated/α-hetero) is 1. The topological polar surface area (TPSA) is 46.5 Å². The lowest BCUT2D eigenvalue weighted by Crippen LogP contribution is -2.38. The minimum Gasteiger partial charge on any atom is -0.356 e. The zero-order valence-corrected chi connectivity index (χ0v) is 13.1. The van der Waals surface area contributed by atoms with Crippen molar-refractivity contribution >= 4 is 5.78 Å². The second-order valence-electron chi connectivity index (χ2n) is 5.48. The molecule has 120 valence electrons. The highest BCUT2D eigenvalue weighted by atomic mass is 16.6. The van der Waals surface area contributed by atoms with E-state index in [-0.39, 0.29) is 6.61 Å². The molecular weight excluding hydrogens is 300 g/mol. The molecule has 0 saturated carbocycles. The van der Waals surface area contributed by atoms with E-state index in [0.29, 0.717) is 11.1 Å². The molecule has 1 N–H and O–H groups in total. The molecule has 3 aromatic carbocycles. The molecule has 1 atom stereocenters. The number of benzene rings is 3. The Labute approximate surface area is 141 Å². The van der Waals surface area contributed by atoms with Gasteiger partial charge in [0.2, 0.25) is 5.78 Å². The quantitative estimate of drug-likeness (QED) is 0.553. The van der Waals surface area contributed by atoms with Crippen molar-refractivity contribution in [3.8, 4) is 0 Å². The molecule has 24 heavy (non-hydrogen) atoms. The zero-order valence-electron chi connectivity index (χ0n) is 13.1. The number of rotatable bonds is 6. The third kappa shape index (κ3) is 3.43. The Hall–Kier alpha value is -2.75. The first-order valence-electron chi connectivity index (χ1n) is 7.76. The number of ether oxygens (including phenoxy) is 1. The van der Waals surface area contributed by atoms with Crippen molar-refractivity contribution in [3.05, 3.63) is 108 Å². The summed E-state index contributed by atoms with van der Waals surface area (Å²) in [5.74, 6) is -2.51. The molecule has 0 radical (unpaired) electrons. The summed E-state index contributed by atoms with van der Waals surface area (Å²) in [6.07, 6.45) is 0. The van der Waals surface area contributed by atoms with Crippen molar-refractivity contribution in [2.75, 3.05) is 0 Å². The normalized spacial score (nSPS) is 13.2. The van der Waals surface area contributed by atoms with Crippen LogP contribution in [0.1, 0.15) is 21.5 Å². The van der Waals surface area contributed by atoms with Crippen LogP contribution in [0.5, 0.6) is 0 Å². The van der Waals surface area contributed by atoms with Crippen molar-refractivity contribution in [2.45, 2.75) is 12.4 Å². The van der Waals surface area contributed by atoms with Crippen LogP contribution in [-0.2, 0) is 17.1 Å². The Balaban J connectivity index is 1.93. The van der Waals surface area contributed by atoms with Crippen LogP contribution in [0.25, 0.3) is 0 Å². The molecule has 3 nitrogen and oxygen atoms in total. The molecule has 0 amide bonds. The second-order valence-corrected chi connectivity index (χ2v) is 5.48. The van der Waals surface area contributed by atoms with E-state index in [4.69, 9.17) is 4.74 Å². The van der Waals surface area contributed by atoms with Crippen LogP contribution < -0.4 is 0 Å². The van der Waals surface area contributed by atoms with Crippen LogP contribution in [0.15, 0.2) is 91.0 Å². The number of carbonyl (C=O) groups excluding carboxylic acids is 1. The summed E-state index contributed by atoms with van der Waals surface area (Å²) in [4.78, 5) is 12.9. The maximum Gasteiger partial charge on any atom is 0.259 e. The van der Waals surface area contributed by atoms with Gasteiger partial charge in [-0.1, -0.05) is 91.0 Å². The first-order chi connectivity index (χ1) is 11.7. The average molecular weight is 318 g/mol. The van der Waals surface area contributed by atoms with Crippen molar-refractivity contribution in [3.63, 3.8) is 0 Å². The van der Waals surface area contributed by atoms with Gasteiger partial charge in [-0.05, 0) is 5.56 Å². The second kappa shape index (κ2) is 7.21. The van der Waals surface area contributed by atoms with Gasteiger partial charge >= 0.3 is 0 Å². The fourth-order valence-corrected chi connectivity index (χ4v) is 2.49. The third-order valence-electron chi connectivity index (χ3n) is 3.80. The van der Waals surface area contributed by atoms with Crippen molar-refractivity contribution in [1.82, 2.24) is 0 Å². The van der Waals surface area contributed by atoms with E-state index >= 15 is 0 Å². The fourth-order valence-electron chi connectivity index (χ4n) is 2.49. The largest absolute Gasteiger partial charge is 0.356 e. The van der Waals surface area contributed by atoms with Crippen LogP contribution in [0.3, 0.4) is 0 Å². The van der Waals surface area contributed by atoms with Gasteiger partial charge in [0, 0.05) is 11.1 Å². The highest BCUT2D eigenvalue weighted by Crippen LogP contribution is 2.28. The Morgan fingerprint density at radius 1 is 0.792 bits per heavy atom. The van der Waals surface area contributed by atoms with Gasteiger partial charge in [0.25, 0.3) is 5.79 Å². The lowest BCUT2D eigenvalue weighted by Gasteiger charge is -2.27. The summed E-state index contributed by atoms with van der Waals surface area (Å²) in [6, 6.07) is 26.9. The van der Waals surface area contributed by atoms with Gasteiger partial charge in [0.05, 0.1) is 6.61 Å². The highest BCUT2D eigenvalue weighted by Gasteiger charge is 2.39. The molecule has 0 bridgehead atoms. The van der Waals surface area contributed by atoms with E-state index in [2.05, 4.69) is 0 Å². The number of ketones is 1. The molecule has 0 spiro atoms. The van der Waals surface area contributed by atoms with Gasteiger partial charge in [-0.15, -0.1) is 0 Å². The fraction of sp³-hybridized carbons (Fsp3) is 0.0952. The number of hydrogen-bond donors (Lipinski definition) is 1. The van der Waals surface area contributed by atoms with Gasteiger partial charge in [-0.3, -0.25) is 4.79 Å². The first-order valence-corrected chi connectivity index (χ1v) is 7.76. The lowest BCUT2D eigenvalue weighted by atomic mass is 9.96. The van der Waals surface area contributed by atoms with Crippen LogP contribution >= 0.6 is 0 Å². The number of hydrogen-bond acceptors (Lipinski definition) is 3. The zero-order chi connectivity index (χ0) is 16.8. The smallest absolute Gasteiger partial charge is 0.259 e. The Bertz CT molecular complexity index is 785. The maximum atomic E-state index is 12.9. The van der Waals surface area contributed by atoms with Crippen molar-refractivity contribution in [2.24, 2.45) is 0 Å². The molecule has 3 rings (SSSR count). The lowest BCUT2D eigenvalue weighted by molar-refractivity contribution is -0.181. The summed E-state index contributed by atoms with van der Waals surface area (Å²) in [6.45, 7) is 0.130. The number of aliphatic hydroxyl groups is 1. The van der Waals surface area contributed by atoms with E-state index in [0.717, 1.165) is 5.56 Å². The average Bonchev–Trinajstić information content (AvgIpc) is 2.68. The van der Waals surface area contributed by atoms with Crippen LogP contribution in [0, 0.1) is 0 Å². The van der Waals surface area contributed by atoms with Crippen molar-refractivity contribution in [1.29, 1.82) is 0 Å². The predicted octanol–water partition coefficient (Wildman–Crippen LogP) is 3.93. The standard InChI is InChI=1S/C21H18O3/c22-20(18-12-6-2-7-13-18)21(23,19-14-8-3-9-15-19)24-16-17-10-4-1-5-11-17/h1-15,23H,16H2. The Morgan fingerprint density at radius 2 is 1.29 bits per heavy atom. The summed E-state index contributed by atoms with van der Waals surface area (Å²) < 4.78 is 5.72. The minimum absolute atomic E-state index is 0.130. The van der Waals surface area contributed by atoms with E-state index in [1.54, 1.807) is 48.5 Å². The van der Waals surface area contributed by atoms with Gasteiger partial charge in [0.15, 0.2) is 0 Å². The molecule has 0 fully saturated rings. The van der Waals surface area contributed by atoms with E-state index < -0.39 is 11.6 Å². The van der Waals surface area contributed by atoms with Crippen molar-refractivity contribution < 1.29 is 14.6 Å². The summed E-state index contributed by atoms with van der Waals surface area (Å²) in [7, 11) is 0. The molecule has 3 heteroatoms. The Kier molecular flexibility index (Phi) is 4.85. The van der Waals surface area contributed by atoms with Gasteiger partial charge in [-0.25, -0.2) is 0 Å². The summed E-state index contributed by atoms with van der Waals surface area (Å²) in [5, 5.41) is 11.1. The number of carbonyl (C=O) groups is 1. The van der Waals surface area contributed by atoms with Gasteiger partial charge in [-0.2, -0.15) is 0 Å². The molecule has 3 aromatic rings. The molecule has 0 aliphatic carbocycles. The molecule has 0 aliphatic rings. The third-order valence-corrected chi connectivity index (χ3v) is 3.80. The van der Waals surface area contributed by atoms with E-state index in [1.165, 1.54) is 0 Å². The SMILES string of the molecule is O=C(c1ccccc1)C(O)(OCc1ccccc1)c1ccccc1. The van der Waals surface area contributed by atoms with Crippen LogP contribution in [0.4, 0.5) is 0 Å². The summed E-state index contributed by atoms with van der Waals surface area (Å²) in [5.41, 5.74) is 1.69. The highest BCUT2D eigenvalue weighted by molar-refractivity contribution is 6.01. The van der Waals surface area contributed by atoms with Crippen LogP contribution in [-0.4, -0.2) is 10.9 Å². The van der Waals surface area contributed by atoms with Gasteiger partial charge < -0.3 is 9.84 Å². The van der Waals surface area contributed by atoms with Gasteiger partial charge in [0.1, 0.15) is 0 Å². The van der Waals surface area contributed by atoms with Crippen LogP contribution in [0.2, 0.25) is 0 Å². The van der Waals surface area contributed by atoms with E-state index in [9.17, 15) is 9.90 Å².